The minimum Gasteiger partial charge on any atom is -0.0620 e. The SMILES string of the molecule is [2H]c1c([2H])c([2H])c(C([2H])([2H])C)c(C([2H])[2H])c1[2H]. The molecule has 0 N–H and O–H groups in total. The van der Waals surface area contributed by atoms with Gasteiger partial charge >= 0.3 is 0 Å². The number of rotatable bonds is 1. The van der Waals surface area contributed by atoms with Gasteiger partial charge in [0.2, 0.25) is 0 Å². The Morgan fingerprint density at radius 3 is 3.11 bits per heavy atom. The fraction of sp³-hybridized carbons (Fsp3) is 0.333. The van der Waals surface area contributed by atoms with E-state index < -0.39 is 37.4 Å². The van der Waals surface area contributed by atoms with Crippen LogP contribution in [0, 0.1) is 6.88 Å². The zero-order valence-electron chi connectivity index (χ0n) is 13.1. The molecule has 0 fully saturated rings. The monoisotopic (exact) mass is 128 g/mol. The highest BCUT2D eigenvalue weighted by atomic mass is 13.9. The molecular formula is C9H12. The lowest BCUT2D eigenvalue weighted by atomic mass is 10.1. The first-order valence-electron chi connectivity index (χ1n) is 6.69. The normalized spacial score (nSPS) is 24.2. The summed E-state index contributed by atoms with van der Waals surface area (Å²) in [5, 5.41) is 0. The summed E-state index contributed by atoms with van der Waals surface area (Å²) in [6, 6.07) is -2.11. The maximum atomic E-state index is 7.63. The van der Waals surface area contributed by atoms with E-state index in [4.69, 9.17) is 11.0 Å². The molecule has 0 aliphatic carbocycles. The van der Waals surface area contributed by atoms with Gasteiger partial charge in [-0.15, -0.1) is 0 Å². The van der Waals surface area contributed by atoms with Crippen LogP contribution in [0.1, 0.15) is 29.0 Å². The molecule has 0 heteroatoms. The fourth-order valence-electron chi connectivity index (χ4n) is 0.519. The van der Waals surface area contributed by atoms with Crippen LogP contribution in [-0.2, 0) is 6.37 Å². The largest absolute Gasteiger partial charge is 0.0626 e. The van der Waals surface area contributed by atoms with E-state index in [1.165, 1.54) is 0 Å². The molecule has 0 aliphatic heterocycles. The average molecular weight is 128 g/mol. The summed E-state index contributed by atoms with van der Waals surface area (Å²) in [5.41, 5.74) is -0.609. The molecule has 0 saturated carbocycles. The first-order valence-corrected chi connectivity index (χ1v) is 2.54. The number of hydrogen-bond acceptors (Lipinski definition) is 0. The van der Waals surface area contributed by atoms with Crippen molar-refractivity contribution in [2.45, 2.75) is 20.2 Å². The average Bonchev–Trinajstić information content (AvgIpc) is 2.17. The highest BCUT2D eigenvalue weighted by Gasteiger charge is 1.89. The second-order valence-corrected chi connectivity index (χ2v) is 1.54. The zero-order valence-corrected chi connectivity index (χ0v) is 5.08. The summed E-state index contributed by atoms with van der Waals surface area (Å²) in [6.45, 7) is -0.504. The van der Waals surface area contributed by atoms with Crippen LogP contribution in [0.3, 0.4) is 0 Å². The van der Waals surface area contributed by atoms with Crippen molar-refractivity contribution in [2.75, 3.05) is 0 Å². The Bertz CT molecular complexity index is 446. The van der Waals surface area contributed by atoms with Crippen LogP contribution >= 0.6 is 0 Å². The predicted octanol–water partition coefficient (Wildman–Crippen LogP) is 2.56. The van der Waals surface area contributed by atoms with Crippen molar-refractivity contribution < 1.29 is 11.0 Å². The minimum absolute atomic E-state index is 0.302. The van der Waals surface area contributed by atoms with E-state index in [1.54, 1.807) is 0 Å². The summed E-state index contributed by atoms with van der Waals surface area (Å²) >= 11 is 0. The Kier molecular flexibility index (Phi) is 0.484. The summed E-state index contributed by atoms with van der Waals surface area (Å²) < 4.78 is 59.8. The van der Waals surface area contributed by atoms with Gasteiger partial charge in [0.15, 0.2) is 0 Å². The van der Waals surface area contributed by atoms with Crippen LogP contribution in [0.15, 0.2) is 24.2 Å². The third-order valence-corrected chi connectivity index (χ3v) is 0.967. The maximum absolute atomic E-state index is 7.63. The van der Waals surface area contributed by atoms with Gasteiger partial charge in [0.25, 0.3) is 0 Å². The van der Waals surface area contributed by atoms with Crippen LogP contribution in [0.4, 0.5) is 0 Å². The van der Waals surface area contributed by atoms with Gasteiger partial charge in [-0.05, 0) is 24.4 Å². The van der Waals surface area contributed by atoms with Crippen molar-refractivity contribution in [3.8, 4) is 0 Å². The molecule has 0 unspecified atom stereocenters. The van der Waals surface area contributed by atoms with E-state index in [9.17, 15) is 0 Å². The van der Waals surface area contributed by atoms with E-state index in [0.29, 0.717) is 0 Å². The van der Waals surface area contributed by atoms with Gasteiger partial charge in [0, 0.05) is 5.48 Å². The third kappa shape index (κ3) is 1.32. The summed E-state index contributed by atoms with van der Waals surface area (Å²) in [4.78, 5) is 0. The molecule has 9 heavy (non-hydrogen) atoms. The smallest absolute Gasteiger partial charge is 0.0620 e. The van der Waals surface area contributed by atoms with Crippen molar-refractivity contribution in [1.82, 2.24) is 0 Å². The Morgan fingerprint density at radius 1 is 1.67 bits per heavy atom. The Morgan fingerprint density at radius 2 is 2.44 bits per heavy atom. The van der Waals surface area contributed by atoms with Crippen molar-refractivity contribution >= 4 is 0 Å². The van der Waals surface area contributed by atoms with Gasteiger partial charge in [0.1, 0.15) is 0 Å². The van der Waals surface area contributed by atoms with Gasteiger partial charge in [-0.25, -0.2) is 0 Å². The van der Waals surface area contributed by atoms with E-state index >= 15 is 0 Å². The van der Waals surface area contributed by atoms with Gasteiger partial charge in [0.05, 0.1) is 5.48 Å². The molecule has 0 nitrogen and oxygen atoms in total. The summed E-state index contributed by atoms with van der Waals surface area (Å²) in [5.74, 6) is 0. The molecular weight excluding hydrogens is 108 g/mol. The van der Waals surface area contributed by atoms with Gasteiger partial charge < -0.3 is 0 Å². The van der Waals surface area contributed by atoms with Gasteiger partial charge in [-0.1, -0.05) is 31.1 Å². The Labute approximate surface area is 67.8 Å². The minimum atomic E-state index is -2.02. The quantitative estimate of drug-likeness (QED) is 0.545. The van der Waals surface area contributed by atoms with Gasteiger partial charge in [-0.2, -0.15) is 0 Å². The predicted molar refractivity (Wildman–Crippen MR) is 40.6 cm³/mol. The molecule has 0 atom stereocenters. The molecule has 48 valence electrons. The lowest BCUT2D eigenvalue weighted by Gasteiger charge is -1.98. The van der Waals surface area contributed by atoms with Crippen LogP contribution in [0.5, 0.6) is 0 Å². The van der Waals surface area contributed by atoms with Crippen molar-refractivity contribution in [1.29, 1.82) is 0 Å². The number of hydrogen-bond donors (Lipinski definition) is 0. The van der Waals surface area contributed by atoms with Crippen LogP contribution in [-0.4, -0.2) is 0 Å². The lowest BCUT2D eigenvalue weighted by molar-refractivity contribution is 1.11. The van der Waals surface area contributed by atoms with Crippen molar-refractivity contribution in [2.24, 2.45) is 0 Å². The standard InChI is InChI=1S/C9H12/c1-3-9-7-5-4-6-8(9)2/h4-7H,3H2,1-2H3/i2D2,3D2,4D,5D,6D,7D. The van der Waals surface area contributed by atoms with E-state index in [1.807, 2.05) is 0 Å². The molecule has 0 heterocycles. The Hall–Kier alpha value is -0.780. The summed E-state index contributed by atoms with van der Waals surface area (Å²) in [6.07, 6.45) is -2.02. The molecule has 0 amide bonds. The van der Waals surface area contributed by atoms with Crippen molar-refractivity contribution in [3.05, 3.63) is 35.3 Å². The first-order chi connectivity index (χ1) is 7.59. The molecule has 1 aromatic carbocycles. The third-order valence-electron chi connectivity index (χ3n) is 0.967. The fourth-order valence-corrected chi connectivity index (χ4v) is 0.519. The highest BCUT2D eigenvalue weighted by molar-refractivity contribution is 5.24. The first kappa shape index (κ1) is 1.63. The molecule has 0 bridgehead atoms. The zero-order chi connectivity index (χ0) is 13.5. The van der Waals surface area contributed by atoms with E-state index in [0.717, 1.165) is 6.92 Å². The van der Waals surface area contributed by atoms with E-state index in [-0.39, 0.29) is 11.1 Å². The molecule has 0 saturated heterocycles. The Balaban J connectivity index is 3.79. The van der Waals surface area contributed by atoms with Crippen LogP contribution < -0.4 is 0 Å². The van der Waals surface area contributed by atoms with Gasteiger partial charge in [-0.3, -0.25) is 0 Å². The maximum Gasteiger partial charge on any atom is 0.0626 e. The second kappa shape index (κ2) is 2.67. The molecule has 0 aromatic heterocycles. The van der Waals surface area contributed by atoms with Crippen LogP contribution in [0.2, 0.25) is 0 Å². The topological polar surface area (TPSA) is 0 Å². The molecule has 0 spiro atoms. The molecule has 0 radical (unpaired) electrons. The molecule has 0 aliphatic rings. The highest BCUT2D eigenvalue weighted by Crippen LogP contribution is 2.06. The molecule has 1 aromatic rings. The summed E-state index contributed by atoms with van der Waals surface area (Å²) in [7, 11) is 0. The molecule has 1 rings (SSSR count). The van der Waals surface area contributed by atoms with Crippen molar-refractivity contribution in [3.63, 3.8) is 0 Å². The second-order valence-electron chi connectivity index (χ2n) is 1.54. The van der Waals surface area contributed by atoms with Crippen LogP contribution in [0.25, 0.3) is 0 Å². The number of benzene rings is 1. The lowest BCUT2D eigenvalue weighted by Crippen LogP contribution is -1.82. The van der Waals surface area contributed by atoms with E-state index in [2.05, 4.69) is 0 Å².